The maximum Gasteiger partial charge on any atom is 0.286 e. The van der Waals surface area contributed by atoms with E-state index in [1.165, 1.54) is 6.26 Å². The molecule has 27 heavy (non-hydrogen) atoms. The molecule has 6 nitrogen and oxygen atoms in total. The third-order valence-electron chi connectivity index (χ3n) is 4.52. The van der Waals surface area contributed by atoms with E-state index < -0.39 is 0 Å². The van der Waals surface area contributed by atoms with E-state index in [4.69, 9.17) is 27.6 Å². The number of hydrogen-bond donors (Lipinski definition) is 1. The van der Waals surface area contributed by atoms with E-state index in [-0.39, 0.29) is 30.5 Å². The van der Waals surface area contributed by atoms with Gasteiger partial charge in [0.15, 0.2) is 5.76 Å². The van der Waals surface area contributed by atoms with Crippen molar-refractivity contribution in [3.05, 3.63) is 58.0 Å². The highest BCUT2D eigenvalue weighted by atomic mass is 35.5. The second kappa shape index (κ2) is 9.26. The van der Waals surface area contributed by atoms with Crippen LogP contribution >= 0.6 is 23.2 Å². The number of hydrogen-bond acceptors (Lipinski definition) is 4. The van der Waals surface area contributed by atoms with E-state index in [1.54, 1.807) is 18.2 Å². The number of carbonyl (C=O) groups excluding carboxylic acids is 2. The smallest absolute Gasteiger partial charge is 0.286 e. The Morgan fingerprint density at radius 1 is 1.07 bits per heavy atom. The fourth-order valence-corrected chi connectivity index (χ4v) is 3.38. The summed E-state index contributed by atoms with van der Waals surface area (Å²) < 4.78 is 5.01. The molecule has 3 rings (SSSR count). The van der Waals surface area contributed by atoms with Crippen LogP contribution in [0, 0.1) is 0 Å². The third kappa shape index (κ3) is 5.25. The monoisotopic (exact) mass is 409 g/mol. The van der Waals surface area contributed by atoms with Crippen LogP contribution in [-0.4, -0.2) is 54.3 Å². The molecule has 1 fully saturated rings. The first-order valence-corrected chi connectivity index (χ1v) is 9.55. The van der Waals surface area contributed by atoms with E-state index >= 15 is 0 Å². The molecule has 1 aromatic carbocycles. The lowest BCUT2D eigenvalue weighted by atomic mass is 10.2. The lowest BCUT2D eigenvalue weighted by Crippen LogP contribution is -2.48. The van der Waals surface area contributed by atoms with Crippen LogP contribution in [0.4, 0.5) is 0 Å². The van der Waals surface area contributed by atoms with Crippen molar-refractivity contribution in [3.8, 4) is 0 Å². The van der Waals surface area contributed by atoms with Gasteiger partial charge in [0.05, 0.1) is 16.3 Å². The number of nitrogens with zero attached hydrogens (tertiary/aromatic N) is 2. The highest BCUT2D eigenvalue weighted by molar-refractivity contribution is 6.42. The van der Waals surface area contributed by atoms with Crippen LogP contribution in [0.25, 0.3) is 0 Å². The summed E-state index contributed by atoms with van der Waals surface area (Å²) in [6.45, 7) is 3.85. The molecule has 144 valence electrons. The third-order valence-corrected chi connectivity index (χ3v) is 5.38. The van der Waals surface area contributed by atoms with Crippen molar-refractivity contribution in [1.29, 1.82) is 0 Å². The van der Waals surface area contributed by atoms with Gasteiger partial charge in [0.2, 0.25) is 5.91 Å². The fourth-order valence-electron chi connectivity index (χ4n) is 3.00. The Kier molecular flexibility index (Phi) is 6.77. The molecule has 1 aliphatic rings. The lowest BCUT2D eigenvalue weighted by molar-refractivity contribution is -0.132. The number of piperazine rings is 1. The van der Waals surface area contributed by atoms with Crippen LogP contribution in [0.15, 0.2) is 41.0 Å². The summed E-state index contributed by atoms with van der Waals surface area (Å²) in [5, 5.41) is 3.83. The number of amides is 2. The Morgan fingerprint density at radius 3 is 2.56 bits per heavy atom. The molecule has 0 bridgehead atoms. The number of halogens is 2. The van der Waals surface area contributed by atoms with Gasteiger partial charge in [0.1, 0.15) is 0 Å². The van der Waals surface area contributed by atoms with E-state index in [0.29, 0.717) is 29.7 Å². The molecule has 2 aromatic rings. The predicted octanol–water partition coefficient (Wildman–Crippen LogP) is 3.05. The van der Waals surface area contributed by atoms with Gasteiger partial charge >= 0.3 is 0 Å². The van der Waals surface area contributed by atoms with Crippen LogP contribution in [0.5, 0.6) is 0 Å². The standard InChI is InChI=1S/C19H21Cl2N3O3/c20-15-4-1-3-14(18(15)21)13-23-8-10-24(11-9-23)17(25)6-7-22-19(26)16-5-2-12-27-16/h1-5,12H,6-11,13H2,(H,22,26). The van der Waals surface area contributed by atoms with Gasteiger partial charge in [-0.15, -0.1) is 0 Å². The van der Waals surface area contributed by atoms with Crippen LogP contribution in [0.3, 0.4) is 0 Å². The fraction of sp³-hybridized carbons (Fsp3) is 0.368. The summed E-state index contributed by atoms with van der Waals surface area (Å²) in [5.41, 5.74) is 0.990. The Bertz CT molecular complexity index is 788. The van der Waals surface area contributed by atoms with Gasteiger partial charge in [-0.3, -0.25) is 14.5 Å². The molecule has 1 aliphatic heterocycles. The van der Waals surface area contributed by atoms with Crippen LogP contribution in [0.1, 0.15) is 22.5 Å². The molecule has 0 aliphatic carbocycles. The molecule has 0 spiro atoms. The summed E-state index contributed by atoms with van der Waals surface area (Å²) in [5.74, 6) is -0.0260. The number of nitrogens with one attached hydrogen (secondary N) is 1. The molecule has 0 radical (unpaired) electrons. The molecule has 1 saturated heterocycles. The Labute approximate surface area is 168 Å². The van der Waals surface area contributed by atoms with Crippen molar-refractivity contribution in [3.63, 3.8) is 0 Å². The topological polar surface area (TPSA) is 65.8 Å². The Morgan fingerprint density at radius 2 is 1.85 bits per heavy atom. The van der Waals surface area contributed by atoms with Gasteiger partial charge in [0.25, 0.3) is 5.91 Å². The number of carbonyl (C=O) groups is 2. The van der Waals surface area contributed by atoms with Crippen molar-refractivity contribution >= 4 is 35.0 Å². The van der Waals surface area contributed by atoms with Crippen molar-refractivity contribution in [2.45, 2.75) is 13.0 Å². The largest absolute Gasteiger partial charge is 0.459 e. The molecule has 2 amide bonds. The van der Waals surface area contributed by atoms with Crippen LogP contribution < -0.4 is 5.32 Å². The quantitative estimate of drug-likeness (QED) is 0.795. The Hall–Kier alpha value is -2.02. The van der Waals surface area contributed by atoms with Crippen molar-refractivity contribution in [1.82, 2.24) is 15.1 Å². The van der Waals surface area contributed by atoms with E-state index in [0.717, 1.165) is 18.7 Å². The van der Waals surface area contributed by atoms with Gasteiger partial charge < -0.3 is 14.6 Å². The highest BCUT2D eigenvalue weighted by Crippen LogP contribution is 2.26. The van der Waals surface area contributed by atoms with Crippen molar-refractivity contribution in [2.75, 3.05) is 32.7 Å². The zero-order valence-electron chi connectivity index (χ0n) is 14.8. The van der Waals surface area contributed by atoms with Gasteiger partial charge in [0, 0.05) is 45.7 Å². The van der Waals surface area contributed by atoms with Crippen molar-refractivity contribution in [2.24, 2.45) is 0 Å². The van der Waals surface area contributed by atoms with E-state index in [9.17, 15) is 9.59 Å². The van der Waals surface area contributed by atoms with Crippen LogP contribution in [0.2, 0.25) is 10.0 Å². The first-order valence-electron chi connectivity index (χ1n) is 8.79. The van der Waals surface area contributed by atoms with Gasteiger partial charge in [-0.05, 0) is 23.8 Å². The van der Waals surface area contributed by atoms with E-state index in [1.807, 2.05) is 17.0 Å². The van der Waals surface area contributed by atoms with E-state index in [2.05, 4.69) is 10.2 Å². The maximum absolute atomic E-state index is 12.3. The molecular formula is C19H21Cl2N3O3. The molecule has 8 heteroatoms. The summed E-state index contributed by atoms with van der Waals surface area (Å²) in [6, 6.07) is 8.86. The average Bonchev–Trinajstić information content (AvgIpc) is 3.21. The number of rotatable bonds is 6. The lowest BCUT2D eigenvalue weighted by Gasteiger charge is -2.35. The van der Waals surface area contributed by atoms with Gasteiger partial charge in [-0.2, -0.15) is 0 Å². The summed E-state index contributed by atoms with van der Waals surface area (Å²) in [4.78, 5) is 28.2. The predicted molar refractivity (Wildman–Crippen MR) is 104 cm³/mol. The SMILES string of the molecule is O=C(NCCC(=O)N1CCN(Cc2cccc(Cl)c2Cl)CC1)c1ccco1. The van der Waals surface area contributed by atoms with Gasteiger partial charge in [-0.25, -0.2) is 0 Å². The number of benzene rings is 1. The summed E-state index contributed by atoms with van der Waals surface area (Å²) in [7, 11) is 0. The molecule has 0 unspecified atom stereocenters. The number of furan rings is 1. The molecule has 1 N–H and O–H groups in total. The zero-order valence-corrected chi connectivity index (χ0v) is 16.3. The maximum atomic E-state index is 12.3. The normalized spacial score (nSPS) is 15.0. The minimum Gasteiger partial charge on any atom is -0.459 e. The van der Waals surface area contributed by atoms with Crippen molar-refractivity contribution < 1.29 is 14.0 Å². The molecular weight excluding hydrogens is 389 g/mol. The minimum absolute atomic E-state index is 0.0372. The first-order chi connectivity index (χ1) is 13.0. The summed E-state index contributed by atoms with van der Waals surface area (Å²) >= 11 is 12.3. The summed E-state index contributed by atoms with van der Waals surface area (Å²) in [6.07, 6.45) is 1.71. The Balaban J connectivity index is 1.40. The van der Waals surface area contributed by atoms with Gasteiger partial charge in [-0.1, -0.05) is 35.3 Å². The minimum atomic E-state index is -0.309. The average molecular weight is 410 g/mol. The molecule has 0 saturated carbocycles. The molecule has 2 heterocycles. The molecule has 0 atom stereocenters. The van der Waals surface area contributed by atoms with Crippen LogP contribution in [-0.2, 0) is 11.3 Å². The highest BCUT2D eigenvalue weighted by Gasteiger charge is 2.22. The first kappa shape index (κ1) is 19.7. The zero-order chi connectivity index (χ0) is 19.2. The second-order valence-corrected chi connectivity index (χ2v) is 7.14. The molecule has 1 aromatic heterocycles. The second-order valence-electron chi connectivity index (χ2n) is 6.35.